The van der Waals surface area contributed by atoms with Crippen LogP contribution in [-0.2, 0) is 0 Å². The SMILES string of the molecule is CCCCCCOc1ccc(/C=C/c2nc3c4nccnc4c4nccnc4c3nc2/C=C/c2ccc(OCCCCCC)cc2)cc1. The number of rotatable bonds is 16. The van der Waals surface area contributed by atoms with Crippen molar-refractivity contribution in [2.24, 2.45) is 0 Å². The highest BCUT2D eigenvalue weighted by Gasteiger charge is 2.17. The Morgan fingerprint density at radius 1 is 0.438 bits per heavy atom. The third kappa shape index (κ3) is 8.18. The molecule has 0 saturated heterocycles. The monoisotopic (exact) mass is 638 g/mol. The molecule has 6 rings (SSSR count). The van der Waals surface area contributed by atoms with Gasteiger partial charge in [0.1, 0.15) is 44.6 Å². The van der Waals surface area contributed by atoms with E-state index in [9.17, 15) is 0 Å². The molecular formula is C40H42N6O2. The van der Waals surface area contributed by atoms with Gasteiger partial charge in [-0.05, 0) is 60.4 Å². The number of benzene rings is 3. The zero-order chi connectivity index (χ0) is 33.0. The van der Waals surface area contributed by atoms with Crippen LogP contribution in [0, 0.1) is 0 Å². The topological polar surface area (TPSA) is 95.8 Å². The molecule has 0 bridgehead atoms. The van der Waals surface area contributed by atoms with Gasteiger partial charge >= 0.3 is 0 Å². The maximum atomic E-state index is 5.94. The first-order valence-electron chi connectivity index (χ1n) is 17.1. The molecule has 3 aromatic carbocycles. The molecule has 0 spiro atoms. The van der Waals surface area contributed by atoms with E-state index < -0.39 is 0 Å². The standard InChI is InChI=1S/C40H42N6O2/c1-3-5-7-9-27-47-31-17-11-29(12-18-31)15-21-33-34(22-16-30-13-19-32(20-14-30)48-28-10-8-6-4-2)46-40-38-36(42-24-26-44-38)35-37(39(40)45-33)43-25-23-41-35/h11-26H,3-10,27-28H2,1-2H3/b21-15+,22-16+. The minimum atomic E-state index is 0.634. The average Bonchev–Trinajstić information content (AvgIpc) is 3.14. The molecule has 0 fully saturated rings. The van der Waals surface area contributed by atoms with E-state index in [4.69, 9.17) is 19.4 Å². The van der Waals surface area contributed by atoms with Crippen LogP contribution in [0.5, 0.6) is 11.5 Å². The molecular weight excluding hydrogens is 596 g/mol. The molecule has 0 unspecified atom stereocenters. The quantitative estimate of drug-likeness (QED) is 0.0764. The zero-order valence-electron chi connectivity index (χ0n) is 27.8. The molecule has 0 saturated carbocycles. The molecule has 8 nitrogen and oxygen atoms in total. The normalized spacial score (nSPS) is 11.8. The average molecular weight is 639 g/mol. The fourth-order valence-corrected chi connectivity index (χ4v) is 5.54. The van der Waals surface area contributed by atoms with E-state index in [0.29, 0.717) is 44.5 Å². The minimum Gasteiger partial charge on any atom is -0.494 e. The van der Waals surface area contributed by atoms with E-state index in [0.717, 1.165) is 48.7 Å². The summed E-state index contributed by atoms with van der Waals surface area (Å²) >= 11 is 0. The van der Waals surface area contributed by atoms with Crippen molar-refractivity contribution in [1.82, 2.24) is 29.9 Å². The van der Waals surface area contributed by atoms with Crippen molar-refractivity contribution in [3.63, 3.8) is 0 Å². The summed E-state index contributed by atoms with van der Waals surface area (Å²) in [4.78, 5) is 28.7. The van der Waals surface area contributed by atoms with Gasteiger partial charge in [-0.1, -0.05) is 88.8 Å². The fourth-order valence-electron chi connectivity index (χ4n) is 5.54. The van der Waals surface area contributed by atoms with Crippen LogP contribution >= 0.6 is 0 Å². The maximum absolute atomic E-state index is 5.94. The molecule has 3 aromatic heterocycles. The van der Waals surface area contributed by atoms with Crippen LogP contribution in [-0.4, -0.2) is 43.1 Å². The third-order valence-corrected chi connectivity index (χ3v) is 8.18. The highest BCUT2D eigenvalue weighted by atomic mass is 16.5. The molecule has 0 radical (unpaired) electrons. The number of unbranched alkanes of at least 4 members (excludes halogenated alkanes) is 6. The van der Waals surface area contributed by atoms with Gasteiger partial charge in [0.15, 0.2) is 0 Å². The first-order chi connectivity index (χ1) is 23.7. The van der Waals surface area contributed by atoms with E-state index in [1.54, 1.807) is 24.8 Å². The van der Waals surface area contributed by atoms with E-state index >= 15 is 0 Å². The van der Waals surface area contributed by atoms with E-state index in [1.165, 1.54) is 38.5 Å². The minimum absolute atomic E-state index is 0.634. The van der Waals surface area contributed by atoms with Gasteiger partial charge in [0.2, 0.25) is 0 Å². The van der Waals surface area contributed by atoms with Gasteiger partial charge < -0.3 is 9.47 Å². The molecule has 244 valence electrons. The van der Waals surface area contributed by atoms with Crippen molar-refractivity contribution in [2.45, 2.75) is 65.2 Å². The lowest BCUT2D eigenvalue weighted by molar-refractivity contribution is 0.305. The second-order valence-corrected chi connectivity index (χ2v) is 11.8. The summed E-state index contributed by atoms with van der Waals surface area (Å²) < 4.78 is 11.9. The Kier molecular flexibility index (Phi) is 11.3. The Morgan fingerprint density at radius 2 is 0.812 bits per heavy atom. The number of hydrogen-bond acceptors (Lipinski definition) is 8. The van der Waals surface area contributed by atoms with E-state index in [-0.39, 0.29) is 0 Å². The van der Waals surface area contributed by atoms with Crippen molar-refractivity contribution < 1.29 is 9.47 Å². The number of nitrogens with zero attached hydrogens (tertiary/aromatic N) is 6. The molecule has 0 aliphatic heterocycles. The molecule has 0 amide bonds. The van der Waals surface area contributed by atoms with Crippen molar-refractivity contribution in [3.8, 4) is 11.5 Å². The molecule has 3 heterocycles. The summed E-state index contributed by atoms with van der Waals surface area (Å²) in [7, 11) is 0. The van der Waals surface area contributed by atoms with Crippen LogP contribution in [0.25, 0.3) is 57.4 Å². The second-order valence-electron chi connectivity index (χ2n) is 11.8. The molecule has 6 aromatic rings. The largest absolute Gasteiger partial charge is 0.494 e. The van der Waals surface area contributed by atoms with Crippen molar-refractivity contribution in [1.29, 1.82) is 0 Å². The molecule has 0 atom stereocenters. The van der Waals surface area contributed by atoms with E-state index in [1.807, 2.05) is 48.6 Å². The summed E-state index contributed by atoms with van der Waals surface area (Å²) in [6, 6.07) is 16.3. The fraction of sp³-hybridized carbons (Fsp3) is 0.300. The maximum Gasteiger partial charge on any atom is 0.120 e. The number of fused-ring (bicyclic) bond motifs is 6. The van der Waals surface area contributed by atoms with Gasteiger partial charge in [-0.15, -0.1) is 0 Å². The molecule has 0 aliphatic carbocycles. The second kappa shape index (κ2) is 16.5. The predicted octanol–water partition coefficient (Wildman–Crippen LogP) is 9.78. The van der Waals surface area contributed by atoms with Crippen LogP contribution in [0.4, 0.5) is 0 Å². The Morgan fingerprint density at radius 3 is 1.19 bits per heavy atom. The molecule has 0 aliphatic rings. The Bertz CT molecular complexity index is 1860. The Balaban J connectivity index is 1.31. The van der Waals surface area contributed by atoms with Crippen molar-refractivity contribution in [3.05, 3.63) is 95.8 Å². The van der Waals surface area contributed by atoms with Crippen LogP contribution in [0.1, 0.15) is 87.7 Å². The molecule has 48 heavy (non-hydrogen) atoms. The number of aromatic nitrogens is 6. The van der Waals surface area contributed by atoms with Gasteiger partial charge in [0.25, 0.3) is 0 Å². The number of hydrogen-bond donors (Lipinski definition) is 0. The predicted molar refractivity (Wildman–Crippen MR) is 196 cm³/mol. The molecule has 8 heteroatoms. The van der Waals surface area contributed by atoms with Crippen LogP contribution in [0.2, 0.25) is 0 Å². The smallest absolute Gasteiger partial charge is 0.120 e. The lowest BCUT2D eigenvalue weighted by Gasteiger charge is -2.09. The van der Waals surface area contributed by atoms with Crippen molar-refractivity contribution in [2.75, 3.05) is 13.2 Å². The van der Waals surface area contributed by atoms with Crippen LogP contribution < -0.4 is 9.47 Å². The zero-order valence-corrected chi connectivity index (χ0v) is 27.8. The summed E-state index contributed by atoms with van der Waals surface area (Å²) in [6.45, 7) is 5.91. The van der Waals surface area contributed by atoms with Gasteiger partial charge in [0, 0.05) is 24.8 Å². The van der Waals surface area contributed by atoms with Crippen molar-refractivity contribution >= 4 is 57.4 Å². The van der Waals surface area contributed by atoms with Crippen LogP contribution in [0.15, 0.2) is 73.3 Å². The highest BCUT2D eigenvalue weighted by Crippen LogP contribution is 2.30. The summed E-state index contributed by atoms with van der Waals surface area (Å²) in [5.74, 6) is 1.76. The summed E-state index contributed by atoms with van der Waals surface area (Å²) in [5.41, 5.74) is 7.33. The number of ether oxygens (including phenoxy) is 2. The first kappa shape index (κ1) is 32.7. The lowest BCUT2D eigenvalue weighted by atomic mass is 10.1. The highest BCUT2D eigenvalue weighted by molar-refractivity contribution is 6.18. The lowest BCUT2D eigenvalue weighted by Crippen LogP contribution is -1.99. The Labute approximate surface area is 282 Å². The van der Waals surface area contributed by atoms with Crippen LogP contribution in [0.3, 0.4) is 0 Å². The third-order valence-electron chi connectivity index (χ3n) is 8.18. The van der Waals surface area contributed by atoms with Gasteiger partial charge in [-0.3, -0.25) is 19.9 Å². The van der Waals surface area contributed by atoms with Gasteiger partial charge in [-0.25, -0.2) is 9.97 Å². The first-order valence-corrected chi connectivity index (χ1v) is 17.1. The summed E-state index contributed by atoms with van der Waals surface area (Å²) in [6.07, 6.45) is 24.2. The summed E-state index contributed by atoms with van der Waals surface area (Å²) in [5, 5.41) is 0. The Hall–Kier alpha value is -5.24. The van der Waals surface area contributed by atoms with Gasteiger partial charge in [0.05, 0.1) is 24.6 Å². The molecule has 0 N–H and O–H groups in total. The van der Waals surface area contributed by atoms with Gasteiger partial charge in [-0.2, -0.15) is 0 Å². The van der Waals surface area contributed by atoms with E-state index in [2.05, 4.69) is 58.0 Å².